The zero-order chi connectivity index (χ0) is 11.4. The number of nitrogens with zero attached hydrogens (tertiary/aromatic N) is 2. The van der Waals surface area contributed by atoms with Crippen molar-refractivity contribution in [3.8, 4) is 6.07 Å². The molecule has 0 radical (unpaired) electrons. The molecule has 1 aromatic heterocycles. The van der Waals surface area contributed by atoms with Gasteiger partial charge in [0.25, 0.3) is 0 Å². The average Bonchev–Trinajstić information content (AvgIpc) is 2.81. The molecule has 4 nitrogen and oxygen atoms in total. The maximum Gasteiger partial charge on any atom is 0.101 e. The van der Waals surface area contributed by atoms with Gasteiger partial charge in [0, 0.05) is 11.1 Å². The van der Waals surface area contributed by atoms with Gasteiger partial charge in [0.15, 0.2) is 0 Å². The summed E-state index contributed by atoms with van der Waals surface area (Å²) in [5.74, 6) is 0. The Bertz CT molecular complexity index is 513. The molecule has 3 N–H and O–H groups in total. The molecule has 80 valence electrons. The van der Waals surface area contributed by atoms with Crippen molar-refractivity contribution in [2.45, 2.75) is 6.54 Å². The van der Waals surface area contributed by atoms with Crippen molar-refractivity contribution in [1.82, 2.24) is 4.98 Å². The molecule has 0 bridgehead atoms. The monoisotopic (exact) mass is 230 g/mol. The second kappa shape index (κ2) is 4.64. The molecule has 2 rings (SSSR count). The van der Waals surface area contributed by atoms with Gasteiger partial charge in [-0.25, -0.2) is 0 Å². The summed E-state index contributed by atoms with van der Waals surface area (Å²) < 4.78 is 0. The van der Waals surface area contributed by atoms with Gasteiger partial charge in [-0.05, 0) is 12.1 Å². The number of anilines is 2. The van der Waals surface area contributed by atoms with E-state index in [4.69, 9.17) is 11.0 Å². The molecule has 0 saturated heterocycles. The summed E-state index contributed by atoms with van der Waals surface area (Å²) in [6.07, 6.45) is 1.81. The van der Waals surface area contributed by atoms with E-state index in [1.165, 1.54) is 0 Å². The minimum Gasteiger partial charge on any atom is -0.396 e. The summed E-state index contributed by atoms with van der Waals surface area (Å²) in [5.41, 5.74) is 9.39. The first kappa shape index (κ1) is 10.5. The molecule has 0 aliphatic rings. The van der Waals surface area contributed by atoms with Crippen LogP contribution < -0.4 is 11.1 Å². The largest absolute Gasteiger partial charge is 0.396 e. The van der Waals surface area contributed by atoms with Crippen molar-refractivity contribution in [3.63, 3.8) is 0 Å². The third-order valence-corrected chi connectivity index (χ3v) is 2.94. The molecule has 2 aromatic rings. The molecule has 16 heavy (non-hydrogen) atoms. The molecule has 0 spiro atoms. The van der Waals surface area contributed by atoms with Crippen LogP contribution in [-0.4, -0.2) is 4.98 Å². The fourth-order valence-corrected chi connectivity index (χ4v) is 1.86. The summed E-state index contributed by atoms with van der Waals surface area (Å²) in [5, 5.41) is 12.0. The molecule has 0 atom stereocenters. The Morgan fingerprint density at radius 3 is 3.06 bits per heavy atom. The Balaban J connectivity index is 2.13. The van der Waals surface area contributed by atoms with E-state index in [1.54, 1.807) is 22.9 Å². The SMILES string of the molecule is N#Cc1cccc(NCc2cncs2)c1N. The van der Waals surface area contributed by atoms with E-state index in [0.717, 1.165) is 10.6 Å². The van der Waals surface area contributed by atoms with Crippen LogP contribution in [0, 0.1) is 11.3 Å². The Morgan fingerprint density at radius 2 is 2.38 bits per heavy atom. The quantitative estimate of drug-likeness (QED) is 0.793. The van der Waals surface area contributed by atoms with Crippen molar-refractivity contribution in [2.75, 3.05) is 11.1 Å². The van der Waals surface area contributed by atoms with Crippen LogP contribution in [0.15, 0.2) is 29.9 Å². The van der Waals surface area contributed by atoms with E-state index >= 15 is 0 Å². The fourth-order valence-electron chi connectivity index (χ4n) is 1.33. The topological polar surface area (TPSA) is 74.7 Å². The Hall–Kier alpha value is -2.06. The zero-order valence-electron chi connectivity index (χ0n) is 8.47. The van der Waals surface area contributed by atoms with Crippen molar-refractivity contribution < 1.29 is 0 Å². The molecule has 0 aliphatic heterocycles. The first-order chi connectivity index (χ1) is 7.81. The summed E-state index contributed by atoms with van der Waals surface area (Å²) >= 11 is 1.58. The number of hydrogen-bond donors (Lipinski definition) is 2. The number of aromatic nitrogens is 1. The van der Waals surface area contributed by atoms with Gasteiger partial charge in [-0.15, -0.1) is 11.3 Å². The van der Waals surface area contributed by atoms with Crippen LogP contribution in [0.1, 0.15) is 10.4 Å². The average molecular weight is 230 g/mol. The van der Waals surface area contributed by atoms with Gasteiger partial charge in [-0.2, -0.15) is 5.26 Å². The third kappa shape index (κ3) is 2.12. The minimum absolute atomic E-state index is 0.495. The molecule has 0 aliphatic carbocycles. The molecular weight excluding hydrogens is 220 g/mol. The lowest BCUT2D eigenvalue weighted by molar-refractivity contribution is 1.17. The summed E-state index contributed by atoms with van der Waals surface area (Å²) in [6, 6.07) is 7.42. The second-order valence-electron chi connectivity index (χ2n) is 3.20. The van der Waals surface area contributed by atoms with E-state index in [-0.39, 0.29) is 0 Å². The van der Waals surface area contributed by atoms with Crippen LogP contribution >= 0.6 is 11.3 Å². The lowest BCUT2D eigenvalue weighted by Gasteiger charge is -2.08. The number of benzene rings is 1. The summed E-state index contributed by atoms with van der Waals surface area (Å²) in [7, 11) is 0. The molecule has 0 unspecified atom stereocenters. The first-order valence-corrected chi connectivity index (χ1v) is 5.59. The van der Waals surface area contributed by atoms with E-state index in [2.05, 4.69) is 16.4 Å². The second-order valence-corrected chi connectivity index (χ2v) is 4.17. The van der Waals surface area contributed by atoms with Gasteiger partial charge in [-0.1, -0.05) is 6.07 Å². The van der Waals surface area contributed by atoms with Crippen LogP contribution in [0.5, 0.6) is 0 Å². The van der Waals surface area contributed by atoms with Crippen LogP contribution in [0.2, 0.25) is 0 Å². The number of nitrogens with one attached hydrogen (secondary N) is 1. The normalized spacial score (nSPS) is 9.69. The summed E-state index contributed by atoms with van der Waals surface area (Å²) in [6.45, 7) is 0.670. The molecule has 1 aromatic carbocycles. The highest BCUT2D eigenvalue weighted by atomic mass is 32.1. The molecule has 0 fully saturated rings. The van der Waals surface area contributed by atoms with Gasteiger partial charge in [-0.3, -0.25) is 4.98 Å². The Morgan fingerprint density at radius 1 is 1.50 bits per heavy atom. The number of nitriles is 1. The van der Waals surface area contributed by atoms with Crippen molar-refractivity contribution >= 4 is 22.7 Å². The molecule has 0 amide bonds. The number of nitrogen functional groups attached to an aromatic ring is 1. The number of thiazole rings is 1. The molecular formula is C11H10N4S. The van der Waals surface area contributed by atoms with Crippen LogP contribution in [0.25, 0.3) is 0 Å². The zero-order valence-corrected chi connectivity index (χ0v) is 9.29. The highest BCUT2D eigenvalue weighted by Gasteiger charge is 2.03. The van der Waals surface area contributed by atoms with Gasteiger partial charge in [0.1, 0.15) is 6.07 Å². The van der Waals surface area contributed by atoms with E-state index in [9.17, 15) is 0 Å². The highest BCUT2D eigenvalue weighted by Crippen LogP contribution is 2.22. The number of nitrogens with two attached hydrogens (primary N) is 1. The van der Waals surface area contributed by atoms with Gasteiger partial charge < -0.3 is 11.1 Å². The first-order valence-electron chi connectivity index (χ1n) is 4.71. The Kier molecular flexibility index (Phi) is 3.03. The molecule has 0 saturated carbocycles. The van der Waals surface area contributed by atoms with Crippen molar-refractivity contribution in [3.05, 3.63) is 40.3 Å². The molecule has 5 heteroatoms. The predicted molar refractivity (Wildman–Crippen MR) is 65.0 cm³/mol. The standard InChI is InChI=1S/C11H10N4S/c12-4-8-2-1-3-10(11(8)13)15-6-9-5-14-7-16-9/h1-3,5,7,15H,6,13H2. The molecule has 1 heterocycles. The third-order valence-electron chi connectivity index (χ3n) is 2.16. The maximum atomic E-state index is 8.83. The fraction of sp³-hybridized carbons (Fsp3) is 0.0909. The van der Waals surface area contributed by atoms with Crippen molar-refractivity contribution in [1.29, 1.82) is 5.26 Å². The number of rotatable bonds is 3. The van der Waals surface area contributed by atoms with E-state index < -0.39 is 0 Å². The van der Waals surface area contributed by atoms with Crippen LogP contribution in [0.4, 0.5) is 11.4 Å². The van der Waals surface area contributed by atoms with Crippen LogP contribution in [-0.2, 0) is 6.54 Å². The maximum absolute atomic E-state index is 8.83. The van der Waals surface area contributed by atoms with Gasteiger partial charge in [0.05, 0.1) is 29.0 Å². The Labute approximate surface area is 97.4 Å². The van der Waals surface area contributed by atoms with E-state index in [0.29, 0.717) is 17.8 Å². The summed E-state index contributed by atoms with van der Waals surface area (Å²) in [4.78, 5) is 5.11. The van der Waals surface area contributed by atoms with E-state index in [1.807, 2.05) is 18.3 Å². The number of para-hydroxylation sites is 1. The number of hydrogen-bond acceptors (Lipinski definition) is 5. The highest BCUT2D eigenvalue weighted by molar-refractivity contribution is 7.09. The van der Waals surface area contributed by atoms with Crippen LogP contribution in [0.3, 0.4) is 0 Å². The predicted octanol–water partition coefficient (Wildman–Crippen LogP) is 2.21. The lowest BCUT2D eigenvalue weighted by Crippen LogP contribution is -2.02. The van der Waals surface area contributed by atoms with Gasteiger partial charge in [0.2, 0.25) is 0 Å². The lowest BCUT2D eigenvalue weighted by atomic mass is 10.1. The smallest absolute Gasteiger partial charge is 0.101 e. The van der Waals surface area contributed by atoms with Crippen molar-refractivity contribution in [2.24, 2.45) is 0 Å². The minimum atomic E-state index is 0.495. The van der Waals surface area contributed by atoms with Gasteiger partial charge >= 0.3 is 0 Å².